The molecular formula is C26H30N6O3. The van der Waals surface area contributed by atoms with Gasteiger partial charge in [-0.25, -0.2) is 5.48 Å². The molecule has 0 saturated carbocycles. The largest absolute Gasteiger partial charge is 0.356 e. The van der Waals surface area contributed by atoms with Crippen LogP contribution in [0.3, 0.4) is 0 Å². The summed E-state index contributed by atoms with van der Waals surface area (Å²) in [5.41, 5.74) is 5.37. The van der Waals surface area contributed by atoms with Crippen molar-refractivity contribution < 1.29 is 14.8 Å². The Labute approximate surface area is 204 Å². The van der Waals surface area contributed by atoms with Gasteiger partial charge in [-0.05, 0) is 25.8 Å². The van der Waals surface area contributed by atoms with Crippen molar-refractivity contribution >= 4 is 17.5 Å². The Balaban J connectivity index is 1.48. The Morgan fingerprint density at radius 3 is 2.49 bits per heavy atom. The van der Waals surface area contributed by atoms with Crippen molar-refractivity contribution in [3.63, 3.8) is 0 Å². The summed E-state index contributed by atoms with van der Waals surface area (Å²) < 4.78 is 2.00. The number of carbonyl (C=O) groups is 2. The Hall–Kier alpha value is -3.85. The third kappa shape index (κ3) is 5.81. The van der Waals surface area contributed by atoms with E-state index < -0.39 is 6.04 Å². The molecule has 1 atom stereocenters. The van der Waals surface area contributed by atoms with Gasteiger partial charge in [0.1, 0.15) is 11.9 Å². The van der Waals surface area contributed by atoms with Gasteiger partial charge in [-0.15, -0.1) is 10.2 Å². The minimum atomic E-state index is -0.476. The number of aryl methyl sites for hydroxylation is 1. The van der Waals surface area contributed by atoms with Crippen molar-refractivity contribution in [2.75, 3.05) is 6.54 Å². The lowest BCUT2D eigenvalue weighted by Crippen LogP contribution is -2.26. The summed E-state index contributed by atoms with van der Waals surface area (Å²) in [6, 6.07) is 17.5. The number of rotatable bonds is 10. The average Bonchev–Trinajstić information content (AvgIpc) is 3.20. The molecule has 1 aliphatic heterocycles. The average molecular weight is 475 g/mol. The Morgan fingerprint density at radius 2 is 1.69 bits per heavy atom. The zero-order chi connectivity index (χ0) is 24.6. The van der Waals surface area contributed by atoms with Gasteiger partial charge >= 0.3 is 0 Å². The first-order chi connectivity index (χ1) is 17.1. The molecule has 2 aromatic carbocycles. The van der Waals surface area contributed by atoms with Gasteiger partial charge in [0, 0.05) is 24.1 Å². The summed E-state index contributed by atoms with van der Waals surface area (Å²) in [5, 5.41) is 20.2. The maximum absolute atomic E-state index is 12.9. The predicted octanol–water partition coefficient (Wildman–Crippen LogP) is 3.43. The van der Waals surface area contributed by atoms with Gasteiger partial charge < -0.3 is 5.32 Å². The topological polar surface area (TPSA) is 122 Å². The molecule has 4 rings (SSSR count). The van der Waals surface area contributed by atoms with Crippen LogP contribution in [0.15, 0.2) is 59.6 Å². The number of nitrogens with zero attached hydrogens (tertiary/aromatic N) is 4. The monoisotopic (exact) mass is 474 g/mol. The van der Waals surface area contributed by atoms with Crippen molar-refractivity contribution in [1.82, 2.24) is 25.6 Å². The minimum absolute atomic E-state index is 0.0935. The number of benzene rings is 2. The van der Waals surface area contributed by atoms with Gasteiger partial charge in [0.05, 0.1) is 17.8 Å². The molecule has 3 N–H and O–H groups in total. The van der Waals surface area contributed by atoms with Gasteiger partial charge in [0.25, 0.3) is 0 Å². The Bertz CT molecular complexity index is 1200. The number of nitrogens with one attached hydrogen (secondary N) is 2. The van der Waals surface area contributed by atoms with E-state index in [2.05, 4.69) is 15.5 Å². The number of hydrogen-bond donors (Lipinski definition) is 3. The highest BCUT2D eigenvalue weighted by atomic mass is 16.5. The van der Waals surface area contributed by atoms with Crippen LogP contribution in [0.5, 0.6) is 0 Å². The minimum Gasteiger partial charge on any atom is -0.356 e. The molecule has 0 spiro atoms. The van der Waals surface area contributed by atoms with E-state index in [1.807, 2.05) is 66.1 Å². The molecule has 3 aromatic rings. The van der Waals surface area contributed by atoms with Crippen LogP contribution in [-0.2, 0) is 9.59 Å². The van der Waals surface area contributed by atoms with E-state index >= 15 is 0 Å². The molecule has 0 radical (unpaired) electrons. The number of carbonyl (C=O) groups excluding carboxylic acids is 2. The lowest BCUT2D eigenvalue weighted by molar-refractivity contribution is -0.129. The highest BCUT2D eigenvalue weighted by molar-refractivity contribution is 6.15. The van der Waals surface area contributed by atoms with Crippen LogP contribution in [0.1, 0.15) is 67.3 Å². The molecular weight excluding hydrogens is 444 g/mol. The lowest BCUT2D eigenvalue weighted by Gasteiger charge is -2.13. The number of hydroxylamine groups is 1. The number of aliphatic imine (C=N–C) groups is 1. The fourth-order valence-corrected chi connectivity index (χ4v) is 4.30. The third-order valence-electron chi connectivity index (χ3n) is 6.04. The second-order valence-corrected chi connectivity index (χ2v) is 8.57. The van der Waals surface area contributed by atoms with Crippen LogP contribution in [0.4, 0.5) is 0 Å². The number of unbranched alkanes of at least 4 members (excludes halogenated alkanes) is 3. The van der Waals surface area contributed by atoms with Crippen molar-refractivity contribution in [2.24, 2.45) is 4.99 Å². The lowest BCUT2D eigenvalue weighted by atomic mass is 10.0. The van der Waals surface area contributed by atoms with E-state index in [1.54, 1.807) is 5.48 Å². The van der Waals surface area contributed by atoms with Crippen LogP contribution in [0.25, 0.3) is 5.69 Å². The number of para-hydroxylation sites is 1. The van der Waals surface area contributed by atoms with Gasteiger partial charge in [-0.1, -0.05) is 61.4 Å². The first kappa shape index (κ1) is 24.3. The quantitative estimate of drug-likeness (QED) is 0.236. The predicted molar refractivity (Wildman–Crippen MR) is 132 cm³/mol. The Morgan fingerprint density at radius 1 is 0.943 bits per heavy atom. The third-order valence-corrected chi connectivity index (χ3v) is 6.04. The number of hydrogen-bond acceptors (Lipinski definition) is 6. The van der Waals surface area contributed by atoms with Crippen molar-refractivity contribution in [2.45, 2.75) is 51.5 Å². The summed E-state index contributed by atoms with van der Waals surface area (Å²) in [7, 11) is 0. The molecule has 9 heteroatoms. The number of fused-ring (bicyclic) bond motifs is 3. The highest BCUT2D eigenvalue weighted by Gasteiger charge is 2.29. The molecule has 0 fully saturated rings. The highest BCUT2D eigenvalue weighted by Crippen LogP contribution is 2.32. The maximum Gasteiger partial charge on any atom is 0.243 e. The van der Waals surface area contributed by atoms with Crippen LogP contribution >= 0.6 is 0 Å². The van der Waals surface area contributed by atoms with Gasteiger partial charge in [-0.3, -0.25) is 24.4 Å². The van der Waals surface area contributed by atoms with E-state index in [-0.39, 0.29) is 18.2 Å². The van der Waals surface area contributed by atoms with Crippen molar-refractivity contribution in [3.8, 4) is 5.69 Å². The maximum atomic E-state index is 12.9. The molecule has 9 nitrogen and oxygen atoms in total. The summed E-state index contributed by atoms with van der Waals surface area (Å²) in [4.78, 5) is 28.9. The first-order valence-electron chi connectivity index (χ1n) is 11.9. The molecule has 2 amide bonds. The fraction of sp³-hybridized carbons (Fsp3) is 0.346. The van der Waals surface area contributed by atoms with Crippen LogP contribution in [-0.4, -0.2) is 44.0 Å². The van der Waals surface area contributed by atoms with E-state index in [4.69, 9.17) is 10.2 Å². The number of aromatic nitrogens is 3. The second-order valence-electron chi connectivity index (χ2n) is 8.57. The van der Waals surface area contributed by atoms with Gasteiger partial charge in [0.2, 0.25) is 11.8 Å². The number of amides is 2. The summed E-state index contributed by atoms with van der Waals surface area (Å²) in [6.07, 6.45) is 3.73. The molecule has 0 aliphatic carbocycles. The molecule has 2 heterocycles. The van der Waals surface area contributed by atoms with Crippen LogP contribution < -0.4 is 10.8 Å². The first-order valence-corrected chi connectivity index (χ1v) is 11.9. The molecule has 1 aromatic heterocycles. The smallest absolute Gasteiger partial charge is 0.243 e. The van der Waals surface area contributed by atoms with E-state index in [1.165, 1.54) is 0 Å². The normalized spacial score (nSPS) is 14.3. The molecule has 182 valence electrons. The Kier molecular flexibility index (Phi) is 7.99. The van der Waals surface area contributed by atoms with Crippen molar-refractivity contribution in [3.05, 3.63) is 77.4 Å². The second kappa shape index (κ2) is 11.5. The standard InChI is InChI=1S/C26H30N6O3/c1-18-29-30-26-21(17-24(34)27-16-10-3-2-7-15-23(33)31-35)28-25(19-11-5-4-6-12-19)20-13-8-9-14-22(20)32(18)26/h4-6,8-9,11-14,21,35H,2-3,7,10,15-17H2,1H3,(H,27,34)(H,31,33)/t21-/m0/s1. The summed E-state index contributed by atoms with van der Waals surface area (Å²) in [6.45, 7) is 2.46. The summed E-state index contributed by atoms with van der Waals surface area (Å²) in [5.74, 6) is 0.932. The fourth-order valence-electron chi connectivity index (χ4n) is 4.30. The zero-order valence-electron chi connectivity index (χ0n) is 19.8. The van der Waals surface area contributed by atoms with E-state index in [0.717, 1.165) is 47.6 Å². The molecule has 1 aliphatic rings. The molecule has 0 saturated heterocycles. The van der Waals surface area contributed by atoms with Crippen LogP contribution in [0, 0.1) is 6.92 Å². The summed E-state index contributed by atoms with van der Waals surface area (Å²) >= 11 is 0. The van der Waals surface area contributed by atoms with Gasteiger partial charge in [-0.2, -0.15) is 0 Å². The van der Waals surface area contributed by atoms with Gasteiger partial charge in [0.15, 0.2) is 5.82 Å². The van der Waals surface area contributed by atoms with Crippen molar-refractivity contribution in [1.29, 1.82) is 0 Å². The van der Waals surface area contributed by atoms with Crippen LogP contribution in [0.2, 0.25) is 0 Å². The zero-order valence-corrected chi connectivity index (χ0v) is 19.8. The molecule has 35 heavy (non-hydrogen) atoms. The molecule has 0 unspecified atom stereocenters. The molecule has 0 bridgehead atoms. The van der Waals surface area contributed by atoms with E-state index in [0.29, 0.717) is 25.2 Å². The van der Waals surface area contributed by atoms with E-state index in [9.17, 15) is 9.59 Å². The SMILES string of the molecule is Cc1nnc2n1-c1ccccc1C(c1ccccc1)=N[C@H]2CC(=O)NCCCCCCC(=O)NO.